The second-order valence-corrected chi connectivity index (χ2v) is 3.76. The molecule has 0 atom stereocenters. The maximum absolute atomic E-state index is 10.2. The van der Waals surface area contributed by atoms with Crippen LogP contribution in [-0.2, 0) is 5.41 Å². The van der Waals surface area contributed by atoms with Crippen molar-refractivity contribution in [1.29, 1.82) is 0 Å². The molecule has 0 spiro atoms. The zero-order chi connectivity index (χ0) is 10.1. The number of aromatic nitrogens is 1. The van der Waals surface area contributed by atoms with Crippen molar-refractivity contribution in [3.05, 3.63) is 11.8 Å². The topological polar surface area (TPSA) is 75.4 Å². The summed E-state index contributed by atoms with van der Waals surface area (Å²) in [6.45, 7) is 5.90. The van der Waals surface area contributed by atoms with Gasteiger partial charge in [-0.3, -0.25) is 5.32 Å². The van der Waals surface area contributed by atoms with Crippen molar-refractivity contribution in [3.8, 4) is 0 Å². The Balaban J connectivity index is 2.81. The van der Waals surface area contributed by atoms with E-state index < -0.39 is 6.09 Å². The molecule has 1 heterocycles. The van der Waals surface area contributed by atoms with Gasteiger partial charge in [0.1, 0.15) is 0 Å². The molecule has 0 bridgehead atoms. The maximum Gasteiger partial charge on any atom is 0.411 e. The molecule has 5 nitrogen and oxygen atoms in total. The normalized spacial score (nSPS) is 11.3. The molecule has 0 aromatic carbocycles. The standard InChI is InChI=1S/C8H12N2O3/c1-8(2,3)5-4-6(13-10-5)9-7(11)12/h4,9H,1-3H3,(H,11,12). The van der Waals surface area contributed by atoms with Gasteiger partial charge in [0, 0.05) is 11.5 Å². The van der Waals surface area contributed by atoms with Crippen molar-refractivity contribution < 1.29 is 14.4 Å². The Hall–Kier alpha value is -1.52. The molecule has 0 saturated carbocycles. The summed E-state index contributed by atoms with van der Waals surface area (Å²) in [6, 6.07) is 1.58. The highest BCUT2D eigenvalue weighted by Crippen LogP contribution is 2.23. The lowest BCUT2D eigenvalue weighted by Crippen LogP contribution is -2.11. The molecule has 1 aromatic rings. The fraction of sp³-hybridized carbons (Fsp3) is 0.500. The first-order chi connectivity index (χ1) is 5.89. The van der Waals surface area contributed by atoms with Gasteiger partial charge in [-0.05, 0) is 0 Å². The number of carbonyl (C=O) groups is 1. The zero-order valence-electron chi connectivity index (χ0n) is 7.79. The fourth-order valence-corrected chi connectivity index (χ4v) is 0.793. The molecule has 1 amide bonds. The Bertz CT molecular complexity index is 311. The van der Waals surface area contributed by atoms with Gasteiger partial charge in [-0.1, -0.05) is 25.9 Å². The predicted octanol–water partition coefficient (Wildman–Crippen LogP) is 2.06. The van der Waals surface area contributed by atoms with Gasteiger partial charge in [0.05, 0.1) is 5.69 Å². The summed E-state index contributed by atoms with van der Waals surface area (Å²) >= 11 is 0. The largest absolute Gasteiger partial charge is 0.465 e. The van der Waals surface area contributed by atoms with E-state index in [1.165, 1.54) is 0 Å². The van der Waals surface area contributed by atoms with Crippen LogP contribution >= 0.6 is 0 Å². The van der Waals surface area contributed by atoms with E-state index in [0.29, 0.717) is 0 Å². The molecule has 0 unspecified atom stereocenters. The van der Waals surface area contributed by atoms with Crippen LogP contribution in [0.1, 0.15) is 26.5 Å². The molecular formula is C8H12N2O3. The second-order valence-electron chi connectivity index (χ2n) is 3.76. The molecule has 5 heteroatoms. The fourth-order valence-electron chi connectivity index (χ4n) is 0.793. The van der Waals surface area contributed by atoms with E-state index >= 15 is 0 Å². The number of carboxylic acid groups (broad SMARTS) is 1. The van der Waals surface area contributed by atoms with Crippen LogP contribution in [0.5, 0.6) is 0 Å². The van der Waals surface area contributed by atoms with E-state index in [9.17, 15) is 4.79 Å². The molecule has 13 heavy (non-hydrogen) atoms. The van der Waals surface area contributed by atoms with Gasteiger partial charge in [-0.25, -0.2) is 4.79 Å². The summed E-state index contributed by atoms with van der Waals surface area (Å²) in [5.74, 6) is 0.150. The molecule has 0 saturated heterocycles. The third kappa shape index (κ3) is 2.47. The van der Waals surface area contributed by atoms with E-state index in [1.54, 1.807) is 6.07 Å². The monoisotopic (exact) mass is 184 g/mol. The van der Waals surface area contributed by atoms with Crippen LogP contribution in [0.25, 0.3) is 0 Å². The Morgan fingerprint density at radius 2 is 2.23 bits per heavy atom. The van der Waals surface area contributed by atoms with E-state index in [-0.39, 0.29) is 11.3 Å². The van der Waals surface area contributed by atoms with E-state index in [4.69, 9.17) is 9.63 Å². The Labute approximate surface area is 75.7 Å². The summed E-state index contributed by atoms with van der Waals surface area (Å²) in [5, 5.41) is 14.2. The van der Waals surface area contributed by atoms with Gasteiger partial charge in [0.25, 0.3) is 0 Å². The van der Waals surface area contributed by atoms with Crippen LogP contribution in [0.4, 0.5) is 10.7 Å². The van der Waals surface area contributed by atoms with Crippen LogP contribution in [-0.4, -0.2) is 16.4 Å². The lowest BCUT2D eigenvalue weighted by Gasteiger charge is -2.12. The molecular weight excluding hydrogens is 172 g/mol. The van der Waals surface area contributed by atoms with E-state index in [1.807, 2.05) is 20.8 Å². The van der Waals surface area contributed by atoms with Gasteiger partial charge < -0.3 is 9.63 Å². The molecule has 2 N–H and O–H groups in total. The second kappa shape index (κ2) is 3.08. The van der Waals surface area contributed by atoms with Crippen LogP contribution < -0.4 is 5.32 Å². The number of anilines is 1. The summed E-state index contributed by atoms with van der Waals surface area (Å²) in [6.07, 6.45) is -1.16. The highest BCUT2D eigenvalue weighted by atomic mass is 16.5. The Morgan fingerprint density at radius 3 is 2.62 bits per heavy atom. The van der Waals surface area contributed by atoms with E-state index in [2.05, 4.69) is 10.5 Å². The minimum absolute atomic E-state index is 0.137. The van der Waals surface area contributed by atoms with Crippen molar-refractivity contribution in [1.82, 2.24) is 5.16 Å². The molecule has 0 radical (unpaired) electrons. The first kappa shape index (κ1) is 9.57. The van der Waals surface area contributed by atoms with Crippen molar-refractivity contribution in [2.75, 3.05) is 5.32 Å². The first-order valence-corrected chi connectivity index (χ1v) is 3.87. The van der Waals surface area contributed by atoms with Crippen molar-refractivity contribution >= 4 is 12.0 Å². The number of hydrogen-bond acceptors (Lipinski definition) is 3. The van der Waals surface area contributed by atoms with Crippen LogP contribution in [0.2, 0.25) is 0 Å². The lowest BCUT2D eigenvalue weighted by atomic mass is 9.92. The molecule has 0 aliphatic heterocycles. The average Bonchev–Trinajstić information content (AvgIpc) is 2.32. The molecule has 1 aromatic heterocycles. The van der Waals surface area contributed by atoms with Gasteiger partial charge in [0.2, 0.25) is 5.88 Å². The minimum atomic E-state index is -1.16. The molecule has 0 aliphatic rings. The van der Waals surface area contributed by atoms with Crippen molar-refractivity contribution in [3.63, 3.8) is 0 Å². The number of nitrogens with one attached hydrogen (secondary N) is 1. The number of hydrogen-bond donors (Lipinski definition) is 2. The summed E-state index contributed by atoms with van der Waals surface area (Å²) < 4.78 is 4.76. The number of nitrogens with zero attached hydrogens (tertiary/aromatic N) is 1. The van der Waals surface area contributed by atoms with Gasteiger partial charge in [-0.2, -0.15) is 0 Å². The average molecular weight is 184 g/mol. The summed E-state index contributed by atoms with van der Waals surface area (Å²) in [4.78, 5) is 10.2. The molecule has 0 fully saturated rings. The third-order valence-electron chi connectivity index (χ3n) is 1.51. The Morgan fingerprint density at radius 1 is 1.62 bits per heavy atom. The van der Waals surface area contributed by atoms with Crippen molar-refractivity contribution in [2.45, 2.75) is 26.2 Å². The number of amides is 1. The molecule has 72 valence electrons. The van der Waals surface area contributed by atoms with Crippen LogP contribution in [0.15, 0.2) is 10.6 Å². The van der Waals surface area contributed by atoms with Crippen LogP contribution in [0.3, 0.4) is 0 Å². The van der Waals surface area contributed by atoms with Crippen molar-refractivity contribution in [2.24, 2.45) is 0 Å². The van der Waals surface area contributed by atoms with E-state index in [0.717, 1.165) is 5.69 Å². The highest BCUT2D eigenvalue weighted by molar-refractivity contribution is 5.80. The van der Waals surface area contributed by atoms with Crippen LogP contribution in [0, 0.1) is 0 Å². The quantitative estimate of drug-likeness (QED) is 0.700. The summed E-state index contributed by atoms with van der Waals surface area (Å²) in [7, 11) is 0. The zero-order valence-corrected chi connectivity index (χ0v) is 7.79. The number of rotatable bonds is 1. The Kier molecular flexibility index (Phi) is 2.27. The minimum Gasteiger partial charge on any atom is -0.465 e. The maximum atomic E-state index is 10.2. The smallest absolute Gasteiger partial charge is 0.411 e. The van der Waals surface area contributed by atoms with Gasteiger partial charge >= 0.3 is 6.09 Å². The third-order valence-corrected chi connectivity index (χ3v) is 1.51. The predicted molar refractivity (Wildman–Crippen MR) is 46.9 cm³/mol. The van der Waals surface area contributed by atoms with Gasteiger partial charge in [0.15, 0.2) is 0 Å². The highest BCUT2D eigenvalue weighted by Gasteiger charge is 2.19. The summed E-state index contributed by atoms with van der Waals surface area (Å²) in [5.41, 5.74) is 0.582. The molecule has 1 rings (SSSR count). The van der Waals surface area contributed by atoms with Gasteiger partial charge in [-0.15, -0.1) is 0 Å². The first-order valence-electron chi connectivity index (χ1n) is 3.87. The lowest BCUT2D eigenvalue weighted by molar-refractivity contribution is 0.208. The molecule has 0 aliphatic carbocycles. The SMILES string of the molecule is CC(C)(C)c1cc(NC(=O)O)on1.